The molecule has 3 aromatic rings. The molecule has 0 radical (unpaired) electrons. The Labute approximate surface area is 194 Å². The Hall–Kier alpha value is -2.84. The number of rotatable bonds is 2. The topological polar surface area (TPSA) is 93.3 Å². The van der Waals surface area contributed by atoms with Crippen LogP contribution in [0, 0.1) is 5.92 Å². The number of nitrogens with one attached hydrogen (secondary N) is 1. The third-order valence-corrected chi connectivity index (χ3v) is 6.99. The van der Waals surface area contributed by atoms with Crippen LogP contribution in [0.1, 0.15) is 34.1 Å². The first-order valence-corrected chi connectivity index (χ1v) is 11.1. The molecule has 2 aliphatic rings. The summed E-state index contributed by atoms with van der Waals surface area (Å²) < 4.78 is 7.11. The highest BCUT2D eigenvalue weighted by Crippen LogP contribution is 2.37. The minimum absolute atomic E-state index is 0.0525. The molecule has 2 amide bonds. The molecule has 0 spiro atoms. The molecule has 1 N–H and O–H groups in total. The average Bonchev–Trinajstić information content (AvgIpc) is 3.33. The molecule has 2 aliphatic heterocycles. The van der Waals surface area contributed by atoms with E-state index in [9.17, 15) is 9.59 Å². The molecule has 1 aromatic carbocycles. The molecule has 166 valence electrons. The highest BCUT2D eigenvalue weighted by Gasteiger charge is 2.37. The summed E-state index contributed by atoms with van der Waals surface area (Å²) in [7, 11) is 1.63. The predicted molar refractivity (Wildman–Crippen MR) is 118 cm³/mol. The monoisotopic (exact) mass is 473 g/mol. The quantitative estimate of drug-likeness (QED) is 0.615. The summed E-state index contributed by atoms with van der Waals surface area (Å²) in [5, 5.41) is 12.5. The number of fused-ring (bicyclic) bond motifs is 5. The Morgan fingerprint density at radius 2 is 2.03 bits per heavy atom. The maximum Gasteiger partial charge on any atom is 0.254 e. The van der Waals surface area contributed by atoms with Gasteiger partial charge in [-0.25, -0.2) is 0 Å². The molecule has 2 atom stereocenters. The van der Waals surface area contributed by atoms with E-state index in [0.717, 1.165) is 22.5 Å². The van der Waals surface area contributed by atoms with Crippen LogP contribution in [-0.2, 0) is 30.7 Å². The molecule has 32 heavy (non-hydrogen) atoms. The standard InChI is InChI=1S/C22H21Cl2N5O3/c1-11-5-18-15(9-28(11)22(31)12-3-4-16(23)17(24)7-12)20-19-14(10-32-27-19)6-13(21(30)25-2)8-29(20)26-18/h3-4,7,10-11,13H,5-6,8-9H2,1-2H3,(H,25,30)/t11-,13+/m1/s1. The third-order valence-electron chi connectivity index (χ3n) is 6.25. The highest BCUT2D eigenvalue weighted by molar-refractivity contribution is 6.42. The van der Waals surface area contributed by atoms with Crippen LogP contribution in [0.3, 0.4) is 0 Å². The largest absolute Gasteiger partial charge is 0.364 e. The van der Waals surface area contributed by atoms with E-state index < -0.39 is 0 Å². The van der Waals surface area contributed by atoms with Gasteiger partial charge in [-0.3, -0.25) is 14.3 Å². The maximum absolute atomic E-state index is 13.3. The Balaban J connectivity index is 1.55. The van der Waals surface area contributed by atoms with Crippen LogP contribution in [0.25, 0.3) is 11.4 Å². The SMILES string of the molecule is CNC(=O)[C@H]1Cc2conc2-c2c3c(nn2C1)C[C@@H](C)N(C(=O)c1ccc(Cl)c(Cl)c1)C3. The number of carbonyl (C=O) groups excluding carboxylic acids is 2. The van der Waals surface area contributed by atoms with E-state index in [1.54, 1.807) is 31.5 Å². The number of benzene rings is 1. The second-order valence-electron chi connectivity index (χ2n) is 8.27. The van der Waals surface area contributed by atoms with Crippen LogP contribution in [0.5, 0.6) is 0 Å². The van der Waals surface area contributed by atoms with Crippen molar-refractivity contribution in [3.63, 3.8) is 0 Å². The van der Waals surface area contributed by atoms with Gasteiger partial charge < -0.3 is 14.7 Å². The van der Waals surface area contributed by atoms with Gasteiger partial charge in [0, 0.05) is 36.2 Å². The molecular weight excluding hydrogens is 453 g/mol. The number of hydrogen-bond acceptors (Lipinski definition) is 5. The molecule has 5 rings (SSSR count). The summed E-state index contributed by atoms with van der Waals surface area (Å²) in [6.45, 7) is 2.81. The molecule has 4 heterocycles. The summed E-state index contributed by atoms with van der Waals surface area (Å²) in [5.41, 5.74) is 4.69. The summed E-state index contributed by atoms with van der Waals surface area (Å²) in [6.07, 6.45) is 2.70. The van der Waals surface area contributed by atoms with Gasteiger partial charge in [0.25, 0.3) is 5.91 Å². The molecule has 0 unspecified atom stereocenters. The Morgan fingerprint density at radius 3 is 2.78 bits per heavy atom. The van der Waals surface area contributed by atoms with Gasteiger partial charge in [-0.05, 0) is 31.5 Å². The van der Waals surface area contributed by atoms with Gasteiger partial charge in [-0.2, -0.15) is 5.10 Å². The first-order chi connectivity index (χ1) is 15.4. The van der Waals surface area contributed by atoms with Crippen LogP contribution in [0.15, 0.2) is 29.0 Å². The van der Waals surface area contributed by atoms with E-state index in [1.165, 1.54) is 0 Å². The fraction of sp³-hybridized carbons (Fsp3) is 0.364. The molecule has 2 aromatic heterocycles. The Bertz CT molecular complexity index is 1230. The van der Waals surface area contributed by atoms with Gasteiger partial charge in [0.2, 0.25) is 5.91 Å². The number of nitrogens with zero attached hydrogens (tertiary/aromatic N) is 4. The highest BCUT2D eigenvalue weighted by atomic mass is 35.5. The third kappa shape index (κ3) is 3.38. The van der Waals surface area contributed by atoms with Crippen molar-refractivity contribution in [3.8, 4) is 11.4 Å². The number of hydrogen-bond donors (Lipinski definition) is 1. The Kier molecular flexibility index (Phi) is 5.22. The lowest BCUT2D eigenvalue weighted by molar-refractivity contribution is -0.124. The minimum Gasteiger partial charge on any atom is -0.364 e. The van der Waals surface area contributed by atoms with Crippen molar-refractivity contribution in [1.82, 2.24) is 25.2 Å². The summed E-state index contributed by atoms with van der Waals surface area (Å²) >= 11 is 12.2. The second-order valence-corrected chi connectivity index (χ2v) is 9.09. The van der Waals surface area contributed by atoms with Crippen LogP contribution in [-0.4, -0.2) is 44.7 Å². The van der Waals surface area contributed by atoms with Crippen molar-refractivity contribution < 1.29 is 14.1 Å². The smallest absolute Gasteiger partial charge is 0.254 e. The lowest BCUT2D eigenvalue weighted by atomic mass is 9.95. The van der Waals surface area contributed by atoms with Crippen LogP contribution < -0.4 is 5.32 Å². The molecule has 0 saturated carbocycles. The van der Waals surface area contributed by atoms with Crippen LogP contribution >= 0.6 is 23.2 Å². The number of amides is 2. The predicted octanol–water partition coefficient (Wildman–Crippen LogP) is 3.35. The number of aromatic nitrogens is 3. The van der Waals surface area contributed by atoms with E-state index in [0.29, 0.717) is 47.2 Å². The fourth-order valence-electron chi connectivity index (χ4n) is 4.57. The average molecular weight is 474 g/mol. The van der Waals surface area contributed by atoms with Crippen molar-refractivity contribution in [2.45, 2.75) is 38.9 Å². The van der Waals surface area contributed by atoms with Gasteiger partial charge in [0.1, 0.15) is 12.0 Å². The van der Waals surface area contributed by atoms with Crippen molar-refractivity contribution in [2.24, 2.45) is 5.92 Å². The normalized spacial score (nSPS) is 19.6. The fourth-order valence-corrected chi connectivity index (χ4v) is 4.87. The summed E-state index contributed by atoms with van der Waals surface area (Å²) in [6, 6.07) is 4.84. The van der Waals surface area contributed by atoms with E-state index in [-0.39, 0.29) is 23.8 Å². The molecule has 8 nitrogen and oxygen atoms in total. The minimum atomic E-state index is -0.285. The maximum atomic E-state index is 13.3. The van der Waals surface area contributed by atoms with E-state index >= 15 is 0 Å². The molecule has 0 fully saturated rings. The van der Waals surface area contributed by atoms with Gasteiger partial charge in [-0.1, -0.05) is 28.4 Å². The molecule has 0 bridgehead atoms. The summed E-state index contributed by atoms with van der Waals surface area (Å²) in [5.74, 6) is -0.464. The zero-order valence-electron chi connectivity index (χ0n) is 17.6. The number of carbonyl (C=O) groups is 2. The van der Waals surface area contributed by atoms with Crippen molar-refractivity contribution in [1.29, 1.82) is 0 Å². The van der Waals surface area contributed by atoms with E-state index in [2.05, 4.69) is 10.5 Å². The Morgan fingerprint density at radius 1 is 1.22 bits per heavy atom. The van der Waals surface area contributed by atoms with Crippen LogP contribution in [0.2, 0.25) is 10.0 Å². The first kappa shape index (κ1) is 21.0. The van der Waals surface area contributed by atoms with Crippen LogP contribution in [0.4, 0.5) is 0 Å². The van der Waals surface area contributed by atoms with Gasteiger partial charge in [0.05, 0.1) is 40.4 Å². The zero-order valence-corrected chi connectivity index (χ0v) is 19.1. The van der Waals surface area contributed by atoms with Gasteiger partial charge >= 0.3 is 0 Å². The lowest BCUT2D eigenvalue weighted by Crippen LogP contribution is -2.42. The van der Waals surface area contributed by atoms with Crippen molar-refractivity contribution >= 4 is 35.0 Å². The van der Waals surface area contributed by atoms with E-state index in [1.807, 2.05) is 16.5 Å². The molecular formula is C22H21Cl2N5O3. The molecule has 0 saturated heterocycles. The van der Waals surface area contributed by atoms with Gasteiger partial charge in [-0.15, -0.1) is 0 Å². The van der Waals surface area contributed by atoms with Gasteiger partial charge in [0.15, 0.2) is 0 Å². The lowest BCUT2D eigenvalue weighted by Gasteiger charge is -2.33. The van der Waals surface area contributed by atoms with Crippen molar-refractivity contribution in [2.75, 3.05) is 7.05 Å². The molecule has 0 aliphatic carbocycles. The second kappa shape index (κ2) is 7.94. The van der Waals surface area contributed by atoms with Crippen molar-refractivity contribution in [3.05, 3.63) is 56.9 Å². The van der Waals surface area contributed by atoms with E-state index in [4.69, 9.17) is 32.8 Å². The zero-order chi connectivity index (χ0) is 22.6. The molecule has 10 heteroatoms. The summed E-state index contributed by atoms with van der Waals surface area (Å²) in [4.78, 5) is 27.6. The number of halogens is 2. The first-order valence-electron chi connectivity index (χ1n) is 10.4.